The molecule has 2 heteroatoms. The number of rotatable bonds is 3. The average molecular weight is 126 g/mol. The summed E-state index contributed by atoms with van der Waals surface area (Å²) in [5.74, 6) is 0.546. The Balaban J connectivity index is 2.03. The number of nitrogens with one attached hydrogen (secondary N) is 1. The number of amides is 1. The zero-order valence-corrected chi connectivity index (χ0v) is 5.68. The van der Waals surface area contributed by atoms with Crippen molar-refractivity contribution in [3.05, 3.63) is 6.54 Å². The summed E-state index contributed by atoms with van der Waals surface area (Å²) in [5.41, 5.74) is 0. The number of hydrogen-bond acceptors (Lipinski definition) is 1. The number of carbonyl (C=O) groups excluding carboxylic acids is 1. The summed E-state index contributed by atoms with van der Waals surface area (Å²) in [6.45, 7) is 3.81. The van der Waals surface area contributed by atoms with Crippen LogP contribution in [0.25, 0.3) is 0 Å². The molecule has 0 spiro atoms. The Labute approximate surface area is 55.6 Å². The molecule has 0 heterocycles. The van der Waals surface area contributed by atoms with Crippen molar-refractivity contribution in [2.75, 3.05) is 0 Å². The molecule has 1 radical (unpaired) electrons. The lowest BCUT2D eigenvalue weighted by Crippen LogP contribution is -2.21. The highest BCUT2D eigenvalue weighted by Gasteiger charge is 2.28. The third-order valence-corrected chi connectivity index (χ3v) is 1.40. The molecule has 1 fully saturated rings. The fourth-order valence-electron chi connectivity index (χ4n) is 0.666. The third-order valence-electron chi connectivity index (χ3n) is 1.40. The van der Waals surface area contributed by atoms with Crippen LogP contribution in [0.15, 0.2) is 0 Å². The molecule has 9 heavy (non-hydrogen) atoms. The lowest BCUT2D eigenvalue weighted by atomic mass is 10.4. The summed E-state index contributed by atoms with van der Waals surface area (Å²) in [7, 11) is 0. The van der Waals surface area contributed by atoms with Gasteiger partial charge in [0.25, 0.3) is 0 Å². The van der Waals surface area contributed by atoms with Gasteiger partial charge in [0.1, 0.15) is 0 Å². The summed E-state index contributed by atoms with van der Waals surface area (Å²) in [6.07, 6.45) is 3.09. The van der Waals surface area contributed by atoms with Gasteiger partial charge in [-0.3, -0.25) is 4.79 Å². The molecule has 0 aromatic rings. The van der Waals surface area contributed by atoms with E-state index in [9.17, 15) is 4.79 Å². The quantitative estimate of drug-likeness (QED) is 0.602. The minimum absolute atomic E-state index is 0.205. The summed E-state index contributed by atoms with van der Waals surface area (Å²) in [5, 5.41) is 2.73. The zero-order chi connectivity index (χ0) is 6.69. The maximum absolute atomic E-state index is 10.8. The molecule has 1 amide bonds. The van der Waals surface area contributed by atoms with Crippen molar-refractivity contribution in [3.8, 4) is 0 Å². The summed E-state index contributed by atoms with van der Waals surface area (Å²) < 4.78 is 0. The Kier molecular flexibility index (Phi) is 2.09. The highest BCUT2D eigenvalue weighted by molar-refractivity contribution is 5.81. The molecule has 1 aliphatic carbocycles. The van der Waals surface area contributed by atoms with E-state index in [1.807, 2.05) is 6.92 Å². The molecule has 1 rings (SSSR count). The second-order valence-electron chi connectivity index (χ2n) is 2.40. The van der Waals surface area contributed by atoms with Gasteiger partial charge in [-0.05, 0) is 19.3 Å². The minimum atomic E-state index is 0.205. The Morgan fingerprint density at radius 2 is 2.44 bits per heavy atom. The molecule has 0 saturated heterocycles. The smallest absolute Gasteiger partial charge is 0.223 e. The van der Waals surface area contributed by atoms with Crippen LogP contribution in [0.3, 0.4) is 0 Å². The Bertz CT molecular complexity index is 107. The second-order valence-corrected chi connectivity index (χ2v) is 2.40. The SMILES string of the molecule is CC[CH]NC(=O)C1CC1. The van der Waals surface area contributed by atoms with E-state index in [4.69, 9.17) is 0 Å². The van der Waals surface area contributed by atoms with Gasteiger partial charge in [-0.1, -0.05) is 6.92 Å². The number of hydrogen-bond donors (Lipinski definition) is 1. The van der Waals surface area contributed by atoms with Crippen LogP contribution in [0.4, 0.5) is 0 Å². The summed E-state index contributed by atoms with van der Waals surface area (Å²) >= 11 is 0. The Hall–Kier alpha value is -0.530. The van der Waals surface area contributed by atoms with Gasteiger partial charge in [0.2, 0.25) is 5.91 Å². The van der Waals surface area contributed by atoms with Crippen LogP contribution in [0.2, 0.25) is 0 Å². The molecular weight excluding hydrogens is 114 g/mol. The highest BCUT2D eigenvalue weighted by atomic mass is 16.2. The van der Waals surface area contributed by atoms with E-state index in [1.165, 1.54) is 0 Å². The molecule has 1 N–H and O–H groups in total. The lowest BCUT2D eigenvalue weighted by Gasteiger charge is -1.97. The van der Waals surface area contributed by atoms with Gasteiger partial charge in [-0.2, -0.15) is 0 Å². The normalized spacial score (nSPS) is 17.4. The predicted molar refractivity (Wildman–Crippen MR) is 35.5 cm³/mol. The minimum Gasteiger partial charge on any atom is -0.351 e. The summed E-state index contributed by atoms with van der Waals surface area (Å²) in [6, 6.07) is 0. The first-order valence-electron chi connectivity index (χ1n) is 3.46. The molecule has 51 valence electrons. The molecule has 0 aromatic carbocycles. The average Bonchev–Trinajstić information content (AvgIpc) is 2.63. The first-order chi connectivity index (χ1) is 4.34. The van der Waals surface area contributed by atoms with Gasteiger partial charge in [0.05, 0.1) is 0 Å². The van der Waals surface area contributed by atoms with Gasteiger partial charge in [0, 0.05) is 12.5 Å². The molecule has 1 saturated carbocycles. The van der Waals surface area contributed by atoms with E-state index in [1.54, 1.807) is 6.54 Å². The Morgan fingerprint density at radius 1 is 1.78 bits per heavy atom. The highest BCUT2D eigenvalue weighted by Crippen LogP contribution is 2.28. The van der Waals surface area contributed by atoms with Crippen LogP contribution in [0, 0.1) is 12.5 Å². The number of carbonyl (C=O) groups is 1. The van der Waals surface area contributed by atoms with Gasteiger partial charge in [-0.25, -0.2) is 0 Å². The molecule has 2 nitrogen and oxygen atoms in total. The fraction of sp³-hybridized carbons (Fsp3) is 0.714. The van der Waals surface area contributed by atoms with Gasteiger partial charge in [0.15, 0.2) is 0 Å². The standard InChI is InChI=1S/C7H12NO/c1-2-5-8-7(9)6-3-4-6/h5-6H,2-4H2,1H3,(H,8,9). The predicted octanol–water partition coefficient (Wildman–Crippen LogP) is 1.08. The molecular formula is C7H12NO. The van der Waals surface area contributed by atoms with Crippen molar-refractivity contribution < 1.29 is 4.79 Å². The Morgan fingerprint density at radius 3 is 2.89 bits per heavy atom. The molecule has 0 aliphatic heterocycles. The lowest BCUT2D eigenvalue weighted by molar-refractivity contribution is -0.121. The van der Waals surface area contributed by atoms with Crippen molar-refractivity contribution in [1.29, 1.82) is 0 Å². The third kappa shape index (κ3) is 2.04. The zero-order valence-electron chi connectivity index (χ0n) is 5.68. The molecule has 1 aliphatic rings. The van der Waals surface area contributed by atoms with Gasteiger partial charge < -0.3 is 5.32 Å². The van der Waals surface area contributed by atoms with Gasteiger partial charge in [-0.15, -0.1) is 0 Å². The van der Waals surface area contributed by atoms with Crippen molar-refractivity contribution in [1.82, 2.24) is 5.32 Å². The molecule has 0 aromatic heterocycles. The van der Waals surface area contributed by atoms with Crippen LogP contribution in [0.1, 0.15) is 26.2 Å². The van der Waals surface area contributed by atoms with Gasteiger partial charge >= 0.3 is 0 Å². The van der Waals surface area contributed by atoms with E-state index in [2.05, 4.69) is 5.32 Å². The first kappa shape index (κ1) is 6.59. The van der Waals surface area contributed by atoms with E-state index in [-0.39, 0.29) is 5.91 Å². The van der Waals surface area contributed by atoms with E-state index in [0.717, 1.165) is 19.3 Å². The van der Waals surface area contributed by atoms with Crippen molar-refractivity contribution >= 4 is 5.91 Å². The van der Waals surface area contributed by atoms with Crippen molar-refractivity contribution in [3.63, 3.8) is 0 Å². The molecule has 0 atom stereocenters. The first-order valence-corrected chi connectivity index (χ1v) is 3.46. The maximum atomic E-state index is 10.8. The topological polar surface area (TPSA) is 29.1 Å². The summed E-state index contributed by atoms with van der Waals surface area (Å²) in [4.78, 5) is 10.8. The largest absolute Gasteiger partial charge is 0.351 e. The van der Waals surface area contributed by atoms with Crippen molar-refractivity contribution in [2.45, 2.75) is 26.2 Å². The maximum Gasteiger partial charge on any atom is 0.223 e. The van der Waals surface area contributed by atoms with Crippen LogP contribution in [-0.4, -0.2) is 5.91 Å². The van der Waals surface area contributed by atoms with E-state index >= 15 is 0 Å². The van der Waals surface area contributed by atoms with Crippen LogP contribution in [-0.2, 0) is 4.79 Å². The fourth-order valence-corrected chi connectivity index (χ4v) is 0.666. The molecule has 0 unspecified atom stereocenters. The van der Waals surface area contributed by atoms with Crippen LogP contribution >= 0.6 is 0 Å². The molecule has 0 bridgehead atoms. The van der Waals surface area contributed by atoms with Crippen LogP contribution in [0.5, 0.6) is 0 Å². The van der Waals surface area contributed by atoms with Crippen molar-refractivity contribution in [2.24, 2.45) is 5.92 Å². The monoisotopic (exact) mass is 126 g/mol. The van der Waals surface area contributed by atoms with E-state index in [0.29, 0.717) is 5.92 Å². The second kappa shape index (κ2) is 2.85. The van der Waals surface area contributed by atoms with E-state index < -0.39 is 0 Å². The van der Waals surface area contributed by atoms with Crippen LogP contribution < -0.4 is 5.32 Å².